The summed E-state index contributed by atoms with van der Waals surface area (Å²) >= 11 is 0. The Balaban J connectivity index is 1.11. The fraction of sp³-hybridized carbons (Fsp3) is 0.333. The molecule has 6 aromatic carbocycles. The van der Waals surface area contributed by atoms with Crippen molar-refractivity contribution in [1.29, 1.82) is 0 Å². The number of nitrogens with zero attached hydrogens (tertiary/aromatic N) is 1. The maximum atomic E-state index is 2.67. The van der Waals surface area contributed by atoms with Crippen LogP contribution in [0.1, 0.15) is 87.5 Å². The minimum absolute atomic E-state index is 0.0447. The summed E-state index contributed by atoms with van der Waals surface area (Å²) in [5.74, 6) is 4.49. The van der Waals surface area contributed by atoms with Gasteiger partial charge < -0.3 is 4.90 Å². The molecule has 6 aliphatic rings. The van der Waals surface area contributed by atoms with E-state index in [-0.39, 0.29) is 10.8 Å². The molecular weight excluding hydrogens is 663 g/mol. The largest absolute Gasteiger partial charge is 0.310 e. The monoisotopic (exact) mass is 713 g/mol. The van der Waals surface area contributed by atoms with E-state index in [0.29, 0.717) is 11.8 Å². The highest BCUT2D eigenvalue weighted by Crippen LogP contribution is 2.68. The average molecular weight is 714 g/mol. The second kappa shape index (κ2) is 11.8. The lowest BCUT2D eigenvalue weighted by atomic mass is 9.49. The highest BCUT2D eigenvalue weighted by molar-refractivity contribution is 5.96. The highest BCUT2D eigenvalue weighted by atomic mass is 15.1. The molecular formula is C54H51N. The van der Waals surface area contributed by atoms with Crippen LogP contribution >= 0.6 is 0 Å². The maximum Gasteiger partial charge on any atom is 0.0543 e. The van der Waals surface area contributed by atoms with Gasteiger partial charge in [0.2, 0.25) is 0 Å². The van der Waals surface area contributed by atoms with Gasteiger partial charge in [0.05, 0.1) is 5.69 Å². The van der Waals surface area contributed by atoms with Crippen molar-refractivity contribution in [2.75, 3.05) is 4.90 Å². The molecule has 8 atom stereocenters. The second-order valence-corrected chi connectivity index (χ2v) is 18.7. The van der Waals surface area contributed by atoms with Crippen LogP contribution in [0.15, 0.2) is 140 Å². The molecule has 1 unspecified atom stereocenters. The Bertz CT molecular complexity index is 2490. The van der Waals surface area contributed by atoms with Crippen LogP contribution in [0.3, 0.4) is 0 Å². The van der Waals surface area contributed by atoms with Crippen molar-refractivity contribution in [1.82, 2.24) is 0 Å². The van der Waals surface area contributed by atoms with Crippen LogP contribution in [-0.2, 0) is 10.8 Å². The van der Waals surface area contributed by atoms with E-state index in [1.54, 1.807) is 22.3 Å². The summed E-state index contributed by atoms with van der Waals surface area (Å²) < 4.78 is 0. The summed E-state index contributed by atoms with van der Waals surface area (Å²) in [6.45, 7) is 5.13. The van der Waals surface area contributed by atoms with Crippen molar-refractivity contribution in [3.8, 4) is 33.4 Å². The number of hydrogen-bond donors (Lipinski definition) is 0. The number of hydrogen-bond acceptors (Lipinski definition) is 1. The molecule has 55 heavy (non-hydrogen) atoms. The number of benzene rings is 6. The first kappa shape index (κ1) is 32.4. The molecule has 272 valence electrons. The normalized spacial score (nSPS) is 30.3. The SMILES string of the molecule is C[C@@H]1CC2C[C@@H](C1)[C@@]1(c3ccccc3-c3ccc(N(c4cccc(-c5ccccc5)c4)c4cccc5c4-c4ccccc4[C@@]54C[C@H]5CC[C@@H]4C5)cc31)[C@@H](C)C2. The van der Waals surface area contributed by atoms with E-state index in [4.69, 9.17) is 0 Å². The van der Waals surface area contributed by atoms with Gasteiger partial charge in [-0.05, 0) is 161 Å². The van der Waals surface area contributed by atoms with E-state index in [0.717, 1.165) is 23.7 Å². The van der Waals surface area contributed by atoms with Gasteiger partial charge in [0.25, 0.3) is 0 Å². The molecule has 0 aromatic heterocycles. The molecule has 1 nitrogen and oxygen atoms in total. The lowest BCUT2D eigenvalue weighted by Gasteiger charge is -2.54. The zero-order valence-corrected chi connectivity index (χ0v) is 32.3. The Morgan fingerprint density at radius 1 is 0.491 bits per heavy atom. The van der Waals surface area contributed by atoms with E-state index < -0.39 is 0 Å². The van der Waals surface area contributed by atoms with Gasteiger partial charge in [0.15, 0.2) is 0 Å². The van der Waals surface area contributed by atoms with Gasteiger partial charge in [-0.2, -0.15) is 0 Å². The predicted molar refractivity (Wildman–Crippen MR) is 228 cm³/mol. The molecule has 0 saturated heterocycles. The van der Waals surface area contributed by atoms with Gasteiger partial charge in [0.1, 0.15) is 0 Å². The third kappa shape index (κ3) is 4.36. The Morgan fingerprint density at radius 3 is 2.04 bits per heavy atom. The molecule has 1 heteroatoms. The summed E-state index contributed by atoms with van der Waals surface area (Å²) in [4.78, 5) is 2.66. The number of rotatable bonds is 4. The number of anilines is 3. The van der Waals surface area contributed by atoms with Crippen molar-refractivity contribution in [3.05, 3.63) is 162 Å². The minimum atomic E-state index is 0.0447. The first-order valence-corrected chi connectivity index (χ1v) is 21.5. The molecule has 4 bridgehead atoms. The molecule has 6 aromatic rings. The van der Waals surface area contributed by atoms with Crippen LogP contribution in [0.4, 0.5) is 17.1 Å². The van der Waals surface area contributed by atoms with Crippen molar-refractivity contribution < 1.29 is 0 Å². The zero-order valence-electron chi connectivity index (χ0n) is 32.3. The van der Waals surface area contributed by atoms with Crippen molar-refractivity contribution in [3.63, 3.8) is 0 Å². The maximum absolute atomic E-state index is 2.67. The summed E-state index contributed by atoms with van der Waals surface area (Å²) in [7, 11) is 0. The standard InChI is InChI=1S/C54H51N/c1-34-26-37-28-35(2)54(41(27-34)30-37)48-19-9-6-16-44(48)45-25-24-43(32-50(45)54)55(42-15-10-14-39(31-42)38-12-4-3-5-13-38)51-21-11-20-49-52(51)46-17-7-8-18-47(46)53(49)33-36-22-23-40(53)29-36/h3-21,24-25,31-32,34-37,40-41H,22-23,26-30,33H2,1-2H3/t34-,35+,36+,37?,40-,41-,53+,54-/m1/s1. The topological polar surface area (TPSA) is 3.24 Å². The van der Waals surface area contributed by atoms with Gasteiger partial charge in [0, 0.05) is 27.8 Å². The predicted octanol–water partition coefficient (Wildman–Crippen LogP) is 14.3. The molecule has 0 amide bonds. The molecule has 2 spiro atoms. The Labute approximate surface area is 327 Å². The molecule has 6 aliphatic carbocycles. The zero-order chi connectivity index (χ0) is 36.5. The van der Waals surface area contributed by atoms with Crippen molar-refractivity contribution in [2.24, 2.45) is 35.5 Å². The third-order valence-electron chi connectivity index (χ3n) is 16.0. The summed E-state index contributed by atoms with van der Waals surface area (Å²) in [6.07, 6.45) is 10.9. The highest BCUT2D eigenvalue weighted by Gasteiger charge is 2.58. The smallest absolute Gasteiger partial charge is 0.0543 e. The van der Waals surface area contributed by atoms with Crippen LogP contribution in [0.5, 0.6) is 0 Å². The van der Waals surface area contributed by atoms with Crippen molar-refractivity contribution >= 4 is 17.1 Å². The second-order valence-electron chi connectivity index (χ2n) is 18.7. The first-order chi connectivity index (χ1) is 27.0. The van der Waals surface area contributed by atoms with Gasteiger partial charge in [-0.3, -0.25) is 0 Å². The van der Waals surface area contributed by atoms with Crippen LogP contribution in [0, 0.1) is 35.5 Å². The van der Waals surface area contributed by atoms with Crippen molar-refractivity contribution in [2.45, 2.75) is 76.0 Å². The van der Waals surface area contributed by atoms with Gasteiger partial charge in [-0.1, -0.05) is 129 Å². The van der Waals surface area contributed by atoms with E-state index >= 15 is 0 Å². The van der Waals surface area contributed by atoms with Gasteiger partial charge in [-0.25, -0.2) is 0 Å². The number of fused-ring (bicyclic) bond motifs is 16. The lowest BCUT2D eigenvalue weighted by Crippen LogP contribution is -2.49. The van der Waals surface area contributed by atoms with Crippen LogP contribution in [-0.4, -0.2) is 0 Å². The summed E-state index contributed by atoms with van der Waals surface area (Å²) in [5, 5.41) is 0. The van der Waals surface area contributed by atoms with E-state index in [1.165, 1.54) is 102 Å². The third-order valence-corrected chi connectivity index (χ3v) is 16.0. The molecule has 0 heterocycles. The van der Waals surface area contributed by atoms with Crippen LogP contribution in [0.25, 0.3) is 33.4 Å². The fourth-order valence-electron chi connectivity index (χ4n) is 14.3. The fourth-order valence-corrected chi connectivity index (χ4v) is 14.3. The molecule has 0 radical (unpaired) electrons. The Kier molecular flexibility index (Phi) is 6.95. The molecule has 12 rings (SSSR count). The van der Waals surface area contributed by atoms with Crippen LogP contribution < -0.4 is 4.90 Å². The lowest BCUT2D eigenvalue weighted by molar-refractivity contribution is 0.0426. The Morgan fingerprint density at radius 2 is 1.20 bits per heavy atom. The van der Waals surface area contributed by atoms with Gasteiger partial charge >= 0.3 is 0 Å². The van der Waals surface area contributed by atoms with E-state index in [2.05, 4.69) is 158 Å². The van der Waals surface area contributed by atoms with Gasteiger partial charge in [-0.15, -0.1) is 0 Å². The quantitative estimate of drug-likeness (QED) is 0.176. The Hall–Kier alpha value is -4.88. The molecule has 0 aliphatic heterocycles. The summed E-state index contributed by atoms with van der Waals surface area (Å²) in [6, 6.07) is 54.3. The summed E-state index contributed by atoms with van der Waals surface area (Å²) in [5.41, 5.74) is 18.7. The van der Waals surface area contributed by atoms with E-state index in [1.807, 2.05) is 0 Å². The molecule has 4 fully saturated rings. The minimum Gasteiger partial charge on any atom is -0.310 e. The first-order valence-electron chi connectivity index (χ1n) is 21.5. The average Bonchev–Trinajstić information content (AvgIpc) is 3.98. The molecule has 0 N–H and O–H groups in total. The van der Waals surface area contributed by atoms with Crippen LogP contribution in [0.2, 0.25) is 0 Å². The molecule has 4 saturated carbocycles. The van der Waals surface area contributed by atoms with E-state index in [9.17, 15) is 0 Å².